The largest absolute Gasteiger partial charge is 0.441 e. The van der Waals surface area contributed by atoms with Crippen LogP contribution in [0.1, 0.15) is 29.7 Å². The molecule has 0 unspecified atom stereocenters. The molecule has 0 aliphatic rings. The second-order valence-electron chi connectivity index (χ2n) is 5.88. The Labute approximate surface area is 161 Å². The number of hydrogen-bond acceptors (Lipinski definition) is 4. The lowest BCUT2D eigenvalue weighted by molar-refractivity contribution is 0.121. The first-order valence-corrected chi connectivity index (χ1v) is 8.67. The molecule has 1 aromatic heterocycles. The molecule has 0 radical (unpaired) electrons. The third kappa shape index (κ3) is 4.66. The molecule has 0 saturated heterocycles. The van der Waals surface area contributed by atoms with Crippen molar-refractivity contribution < 1.29 is 9.53 Å². The molecule has 0 fully saturated rings. The third-order valence-corrected chi connectivity index (χ3v) is 4.33. The maximum atomic E-state index is 12.2. The van der Waals surface area contributed by atoms with E-state index in [0.29, 0.717) is 22.9 Å². The molecule has 3 aromatic rings. The second-order valence-corrected chi connectivity index (χ2v) is 6.28. The van der Waals surface area contributed by atoms with Crippen LogP contribution in [0.25, 0.3) is 0 Å². The smallest absolute Gasteiger partial charge is 0.413 e. The highest BCUT2D eigenvalue weighted by Crippen LogP contribution is 2.25. The highest BCUT2D eigenvalue weighted by atomic mass is 35.5. The molecule has 0 aliphatic carbocycles. The van der Waals surface area contributed by atoms with Gasteiger partial charge >= 0.3 is 6.09 Å². The van der Waals surface area contributed by atoms with Gasteiger partial charge in [-0.2, -0.15) is 10.4 Å². The fourth-order valence-corrected chi connectivity index (χ4v) is 2.87. The van der Waals surface area contributed by atoms with Crippen LogP contribution in [0.2, 0.25) is 5.02 Å². The molecule has 27 heavy (non-hydrogen) atoms. The monoisotopic (exact) mass is 380 g/mol. The number of nitriles is 1. The molecular weight excluding hydrogens is 364 g/mol. The minimum Gasteiger partial charge on any atom is -0.441 e. The maximum Gasteiger partial charge on any atom is 0.413 e. The Morgan fingerprint density at radius 1 is 1.26 bits per heavy atom. The molecule has 0 bridgehead atoms. The van der Waals surface area contributed by atoms with Gasteiger partial charge in [-0.25, -0.2) is 9.48 Å². The normalized spacial score (nSPS) is 11.4. The Kier molecular flexibility index (Phi) is 5.74. The summed E-state index contributed by atoms with van der Waals surface area (Å²) in [5, 5.41) is 16.3. The average molecular weight is 381 g/mol. The van der Waals surface area contributed by atoms with E-state index in [0.717, 1.165) is 11.1 Å². The van der Waals surface area contributed by atoms with Crippen LogP contribution in [0.3, 0.4) is 0 Å². The van der Waals surface area contributed by atoms with Crippen molar-refractivity contribution in [2.24, 2.45) is 0 Å². The summed E-state index contributed by atoms with van der Waals surface area (Å²) in [5.41, 5.74) is 2.29. The topological polar surface area (TPSA) is 79.9 Å². The Bertz CT molecular complexity index is 976. The van der Waals surface area contributed by atoms with Crippen molar-refractivity contribution in [3.63, 3.8) is 0 Å². The first kappa shape index (κ1) is 18.5. The summed E-state index contributed by atoms with van der Waals surface area (Å²) in [6.45, 7) is 2.21. The van der Waals surface area contributed by atoms with Gasteiger partial charge in [0.05, 0.1) is 24.4 Å². The predicted molar refractivity (Wildman–Crippen MR) is 102 cm³/mol. The number of amides is 1. The first-order valence-electron chi connectivity index (χ1n) is 8.29. The molecule has 1 heterocycles. The van der Waals surface area contributed by atoms with E-state index in [1.807, 2.05) is 30.3 Å². The minimum atomic E-state index is -0.594. The maximum absolute atomic E-state index is 12.2. The van der Waals surface area contributed by atoms with Gasteiger partial charge in [0.25, 0.3) is 0 Å². The highest BCUT2D eigenvalue weighted by Gasteiger charge is 2.15. The Hall–Kier alpha value is -3.30. The molecule has 1 atom stereocenters. The number of aromatic nitrogens is 2. The van der Waals surface area contributed by atoms with Gasteiger partial charge in [0.15, 0.2) is 0 Å². The first-order chi connectivity index (χ1) is 13.1. The lowest BCUT2D eigenvalue weighted by Gasteiger charge is -2.16. The van der Waals surface area contributed by atoms with Crippen molar-refractivity contribution >= 4 is 23.5 Å². The number of halogens is 1. The number of nitrogens with one attached hydrogen (secondary N) is 1. The predicted octanol–water partition coefficient (Wildman–Crippen LogP) is 4.77. The molecule has 0 spiro atoms. The van der Waals surface area contributed by atoms with Gasteiger partial charge < -0.3 is 4.74 Å². The summed E-state index contributed by atoms with van der Waals surface area (Å²) in [7, 11) is 0. The molecule has 2 aromatic carbocycles. The van der Waals surface area contributed by atoms with E-state index < -0.39 is 12.2 Å². The number of hydrogen-bond donors (Lipinski definition) is 1. The van der Waals surface area contributed by atoms with Gasteiger partial charge in [-0.1, -0.05) is 41.9 Å². The van der Waals surface area contributed by atoms with E-state index in [1.165, 1.54) is 0 Å². The summed E-state index contributed by atoms with van der Waals surface area (Å²) < 4.78 is 7.06. The zero-order valence-electron chi connectivity index (χ0n) is 14.6. The van der Waals surface area contributed by atoms with Crippen molar-refractivity contribution in [3.05, 3.63) is 82.5 Å². The fraction of sp³-hybridized carbons (Fsp3) is 0.150. The number of rotatable bonds is 5. The molecule has 0 aliphatic heterocycles. The minimum absolute atomic E-state index is 0.453. The van der Waals surface area contributed by atoms with Gasteiger partial charge in [0, 0.05) is 16.7 Å². The van der Waals surface area contributed by atoms with Crippen LogP contribution in [0.5, 0.6) is 0 Å². The average Bonchev–Trinajstić information content (AvgIpc) is 3.09. The van der Waals surface area contributed by atoms with E-state index >= 15 is 0 Å². The lowest BCUT2D eigenvalue weighted by Crippen LogP contribution is -2.19. The zero-order chi connectivity index (χ0) is 19.2. The lowest BCUT2D eigenvalue weighted by atomic mass is 10.1. The molecule has 136 valence electrons. The fourth-order valence-electron chi connectivity index (χ4n) is 2.59. The number of anilines is 1. The van der Waals surface area contributed by atoms with E-state index in [2.05, 4.69) is 16.5 Å². The van der Waals surface area contributed by atoms with E-state index in [1.54, 1.807) is 42.1 Å². The number of carbonyl (C=O) groups is 1. The van der Waals surface area contributed by atoms with Gasteiger partial charge in [-0.15, -0.1) is 0 Å². The zero-order valence-corrected chi connectivity index (χ0v) is 15.3. The molecule has 7 heteroatoms. The standard InChI is InChI=1S/C20H17ClN4O2/c1-14(17-4-2-3-5-18(17)21)27-20(26)24-19-10-11-23-25(19)13-16-8-6-15(12-22)7-9-16/h2-11,14H,13H2,1H3,(H,24,26)/t14-/m1/s1. The van der Waals surface area contributed by atoms with E-state index in [9.17, 15) is 4.79 Å². The van der Waals surface area contributed by atoms with Crippen molar-refractivity contribution in [3.8, 4) is 6.07 Å². The van der Waals surface area contributed by atoms with E-state index in [-0.39, 0.29) is 0 Å². The Balaban J connectivity index is 1.64. The molecule has 6 nitrogen and oxygen atoms in total. The van der Waals surface area contributed by atoms with Crippen LogP contribution in [0.4, 0.5) is 10.6 Å². The van der Waals surface area contributed by atoms with Crippen molar-refractivity contribution in [2.45, 2.75) is 19.6 Å². The number of benzene rings is 2. The highest BCUT2D eigenvalue weighted by molar-refractivity contribution is 6.31. The molecular formula is C20H17ClN4O2. The van der Waals surface area contributed by atoms with Gasteiger partial charge in [0.1, 0.15) is 11.9 Å². The quantitative estimate of drug-likeness (QED) is 0.691. The molecule has 1 amide bonds. The number of carbonyl (C=O) groups excluding carboxylic acids is 1. The van der Waals surface area contributed by atoms with Gasteiger partial charge in [0.2, 0.25) is 0 Å². The number of ether oxygens (including phenoxy) is 1. The van der Waals surface area contributed by atoms with Crippen LogP contribution >= 0.6 is 11.6 Å². The van der Waals surface area contributed by atoms with Crippen LogP contribution in [0.15, 0.2) is 60.8 Å². The summed E-state index contributed by atoms with van der Waals surface area (Å²) >= 11 is 6.14. The van der Waals surface area contributed by atoms with Crippen LogP contribution in [-0.2, 0) is 11.3 Å². The molecule has 1 N–H and O–H groups in total. The van der Waals surface area contributed by atoms with Crippen LogP contribution < -0.4 is 5.32 Å². The summed E-state index contributed by atoms with van der Waals surface area (Å²) in [6.07, 6.45) is 0.508. The van der Waals surface area contributed by atoms with Crippen molar-refractivity contribution in [2.75, 3.05) is 5.32 Å². The summed E-state index contributed by atoms with van der Waals surface area (Å²) in [5.74, 6) is 0.510. The summed E-state index contributed by atoms with van der Waals surface area (Å²) in [4.78, 5) is 12.2. The summed E-state index contributed by atoms with van der Waals surface area (Å²) in [6, 6.07) is 18.2. The Morgan fingerprint density at radius 3 is 2.70 bits per heavy atom. The van der Waals surface area contributed by atoms with Crippen LogP contribution in [0, 0.1) is 11.3 Å². The van der Waals surface area contributed by atoms with Gasteiger partial charge in [-0.05, 0) is 30.7 Å². The van der Waals surface area contributed by atoms with E-state index in [4.69, 9.17) is 21.6 Å². The third-order valence-electron chi connectivity index (χ3n) is 3.99. The van der Waals surface area contributed by atoms with Crippen molar-refractivity contribution in [1.82, 2.24) is 9.78 Å². The van der Waals surface area contributed by atoms with Crippen molar-refractivity contribution in [1.29, 1.82) is 5.26 Å². The van der Waals surface area contributed by atoms with Crippen LogP contribution in [-0.4, -0.2) is 15.9 Å². The second kappa shape index (κ2) is 8.39. The number of nitrogens with zero attached hydrogens (tertiary/aromatic N) is 3. The molecule has 3 rings (SSSR count). The SMILES string of the molecule is C[C@@H](OC(=O)Nc1ccnn1Cc1ccc(C#N)cc1)c1ccccc1Cl. The Morgan fingerprint density at radius 2 is 2.00 bits per heavy atom. The molecule has 0 saturated carbocycles. The van der Waals surface area contributed by atoms with Gasteiger partial charge in [-0.3, -0.25) is 5.32 Å².